The summed E-state index contributed by atoms with van der Waals surface area (Å²) in [5.41, 5.74) is 3.16. The van der Waals surface area contributed by atoms with Crippen LogP contribution < -0.4 is 4.74 Å². The van der Waals surface area contributed by atoms with E-state index in [-0.39, 0.29) is 16.6 Å². The standard InChI is InChI=1S/C17H16FNO3S/c1-22-17-16(23(2,20)21)9-13(10-19-17)11-6-7-14-12(8-11)4-3-5-15(14)18/h3-5,8-10H,6-7H2,1-2H3. The van der Waals surface area contributed by atoms with Gasteiger partial charge in [-0.3, -0.25) is 0 Å². The molecule has 0 fully saturated rings. The van der Waals surface area contributed by atoms with Gasteiger partial charge >= 0.3 is 0 Å². The highest BCUT2D eigenvalue weighted by atomic mass is 32.2. The molecular formula is C17H16FNO3S. The fourth-order valence-electron chi connectivity index (χ4n) is 2.75. The molecule has 0 bridgehead atoms. The highest BCUT2D eigenvalue weighted by Gasteiger charge is 2.20. The second kappa shape index (κ2) is 5.77. The number of nitrogens with zero attached hydrogens (tertiary/aromatic N) is 1. The zero-order valence-electron chi connectivity index (χ0n) is 12.8. The predicted molar refractivity (Wildman–Crippen MR) is 86.5 cm³/mol. The molecule has 1 heterocycles. The summed E-state index contributed by atoms with van der Waals surface area (Å²) in [6, 6.07) is 6.54. The molecule has 0 atom stereocenters. The Balaban J connectivity index is 2.10. The molecule has 0 unspecified atom stereocenters. The Morgan fingerprint density at radius 2 is 2.04 bits per heavy atom. The van der Waals surface area contributed by atoms with Crippen molar-refractivity contribution in [1.82, 2.24) is 4.98 Å². The van der Waals surface area contributed by atoms with Crippen LogP contribution >= 0.6 is 0 Å². The van der Waals surface area contributed by atoms with Crippen molar-refractivity contribution in [1.29, 1.82) is 0 Å². The van der Waals surface area contributed by atoms with E-state index in [1.165, 1.54) is 13.2 Å². The molecule has 1 aromatic heterocycles. The highest BCUT2D eigenvalue weighted by molar-refractivity contribution is 7.90. The van der Waals surface area contributed by atoms with Gasteiger partial charge in [0.2, 0.25) is 5.88 Å². The van der Waals surface area contributed by atoms with Gasteiger partial charge in [-0.1, -0.05) is 18.2 Å². The van der Waals surface area contributed by atoms with Gasteiger partial charge in [0.25, 0.3) is 0 Å². The second-order valence-corrected chi connectivity index (χ2v) is 7.46. The Hall–Kier alpha value is -2.21. The zero-order valence-corrected chi connectivity index (χ0v) is 13.7. The number of benzene rings is 1. The molecule has 120 valence electrons. The van der Waals surface area contributed by atoms with Gasteiger partial charge in [0, 0.05) is 12.5 Å². The predicted octanol–water partition coefficient (Wildman–Crippen LogP) is 3.12. The molecular weight excluding hydrogens is 317 g/mol. The summed E-state index contributed by atoms with van der Waals surface area (Å²) in [6.07, 6.45) is 5.80. The summed E-state index contributed by atoms with van der Waals surface area (Å²) in [5, 5.41) is 0. The SMILES string of the molecule is COc1ncc(C2=Cc3cccc(F)c3CC2)cc1S(C)(=O)=O. The van der Waals surface area contributed by atoms with Crippen molar-refractivity contribution in [2.75, 3.05) is 13.4 Å². The smallest absolute Gasteiger partial charge is 0.232 e. The van der Waals surface area contributed by atoms with Crippen LogP contribution in [0.25, 0.3) is 11.6 Å². The minimum atomic E-state index is -3.45. The third-order valence-corrected chi connectivity index (χ3v) is 5.00. The lowest BCUT2D eigenvalue weighted by molar-refractivity contribution is 0.385. The fourth-order valence-corrected chi connectivity index (χ4v) is 3.54. The quantitative estimate of drug-likeness (QED) is 0.866. The number of sulfone groups is 1. The topological polar surface area (TPSA) is 56.3 Å². The molecule has 0 radical (unpaired) electrons. The maximum atomic E-state index is 13.8. The monoisotopic (exact) mass is 333 g/mol. The van der Waals surface area contributed by atoms with Crippen LogP contribution in [0.2, 0.25) is 0 Å². The van der Waals surface area contributed by atoms with Crippen molar-refractivity contribution in [2.45, 2.75) is 17.7 Å². The van der Waals surface area contributed by atoms with Crippen LogP contribution in [0.1, 0.15) is 23.1 Å². The first-order chi connectivity index (χ1) is 10.9. The van der Waals surface area contributed by atoms with E-state index < -0.39 is 9.84 Å². The first-order valence-corrected chi connectivity index (χ1v) is 9.01. The fraction of sp³-hybridized carbons (Fsp3) is 0.235. The molecule has 4 nitrogen and oxygen atoms in total. The van der Waals surface area contributed by atoms with Gasteiger partial charge in [-0.2, -0.15) is 0 Å². The van der Waals surface area contributed by atoms with Gasteiger partial charge in [0.15, 0.2) is 9.84 Å². The van der Waals surface area contributed by atoms with Crippen molar-refractivity contribution in [3.63, 3.8) is 0 Å². The number of ether oxygens (including phenoxy) is 1. The van der Waals surface area contributed by atoms with Crippen molar-refractivity contribution in [3.8, 4) is 5.88 Å². The third kappa shape index (κ3) is 2.99. The number of fused-ring (bicyclic) bond motifs is 1. The molecule has 2 aromatic rings. The lowest BCUT2D eigenvalue weighted by Crippen LogP contribution is -2.06. The Morgan fingerprint density at radius 3 is 2.74 bits per heavy atom. The average Bonchev–Trinajstić information content (AvgIpc) is 2.53. The van der Waals surface area contributed by atoms with E-state index >= 15 is 0 Å². The van der Waals surface area contributed by atoms with Crippen molar-refractivity contribution < 1.29 is 17.5 Å². The maximum Gasteiger partial charge on any atom is 0.232 e. The maximum absolute atomic E-state index is 13.8. The van der Waals surface area contributed by atoms with Crippen LogP contribution in [0, 0.1) is 5.82 Å². The van der Waals surface area contributed by atoms with E-state index in [4.69, 9.17) is 4.74 Å². The number of rotatable bonds is 3. The largest absolute Gasteiger partial charge is 0.480 e. The zero-order chi connectivity index (χ0) is 16.6. The molecule has 0 spiro atoms. The molecule has 0 aliphatic heterocycles. The number of allylic oxidation sites excluding steroid dienone is 1. The van der Waals surface area contributed by atoms with E-state index in [0.717, 1.165) is 17.4 Å². The van der Waals surface area contributed by atoms with Gasteiger partial charge in [-0.05, 0) is 47.2 Å². The van der Waals surface area contributed by atoms with Crippen LogP contribution in [-0.4, -0.2) is 26.8 Å². The van der Waals surface area contributed by atoms with Gasteiger partial charge in [-0.15, -0.1) is 0 Å². The second-order valence-electron chi connectivity index (χ2n) is 5.48. The molecule has 1 aromatic carbocycles. The Morgan fingerprint density at radius 1 is 1.26 bits per heavy atom. The van der Waals surface area contributed by atoms with E-state index in [2.05, 4.69) is 4.98 Å². The summed E-state index contributed by atoms with van der Waals surface area (Å²) >= 11 is 0. The van der Waals surface area contributed by atoms with Gasteiger partial charge < -0.3 is 4.74 Å². The molecule has 23 heavy (non-hydrogen) atoms. The van der Waals surface area contributed by atoms with Gasteiger partial charge in [-0.25, -0.2) is 17.8 Å². The number of hydrogen-bond acceptors (Lipinski definition) is 4. The normalized spacial score (nSPS) is 14.1. The van der Waals surface area contributed by atoms with E-state index in [1.54, 1.807) is 18.3 Å². The molecule has 0 N–H and O–H groups in total. The van der Waals surface area contributed by atoms with E-state index in [0.29, 0.717) is 24.0 Å². The van der Waals surface area contributed by atoms with Crippen LogP contribution in [0.15, 0.2) is 35.4 Å². The minimum absolute atomic E-state index is 0.0587. The van der Waals surface area contributed by atoms with Gasteiger partial charge in [0.1, 0.15) is 10.7 Å². The summed E-state index contributed by atoms with van der Waals surface area (Å²) in [4.78, 5) is 4.15. The Kier molecular flexibility index (Phi) is 3.93. The number of halogens is 1. The number of pyridine rings is 1. The van der Waals surface area contributed by atoms with Crippen LogP contribution in [0.5, 0.6) is 5.88 Å². The lowest BCUT2D eigenvalue weighted by Gasteiger charge is -2.18. The summed E-state index contributed by atoms with van der Waals surface area (Å²) in [7, 11) is -2.06. The molecule has 0 saturated heterocycles. The molecule has 1 aliphatic carbocycles. The molecule has 0 amide bonds. The summed E-state index contributed by atoms with van der Waals surface area (Å²) in [5.74, 6) is -0.124. The molecule has 6 heteroatoms. The van der Waals surface area contributed by atoms with E-state index in [9.17, 15) is 12.8 Å². The average molecular weight is 333 g/mol. The van der Waals surface area contributed by atoms with E-state index in [1.807, 2.05) is 12.1 Å². The first-order valence-electron chi connectivity index (χ1n) is 7.12. The minimum Gasteiger partial charge on any atom is -0.480 e. The Bertz CT molecular complexity index is 904. The third-order valence-electron chi connectivity index (χ3n) is 3.91. The Labute approximate surface area is 134 Å². The summed E-state index contributed by atoms with van der Waals surface area (Å²) in [6.45, 7) is 0. The van der Waals surface area contributed by atoms with Gasteiger partial charge in [0.05, 0.1) is 7.11 Å². The number of methoxy groups -OCH3 is 1. The van der Waals surface area contributed by atoms with Crippen LogP contribution in [-0.2, 0) is 16.3 Å². The molecule has 1 aliphatic rings. The molecule has 0 saturated carbocycles. The first kappa shape index (κ1) is 15.7. The van der Waals surface area contributed by atoms with Crippen LogP contribution in [0.4, 0.5) is 4.39 Å². The lowest BCUT2D eigenvalue weighted by atomic mass is 9.89. The number of hydrogen-bond donors (Lipinski definition) is 0. The van der Waals surface area contributed by atoms with Crippen molar-refractivity contribution in [2.24, 2.45) is 0 Å². The highest BCUT2D eigenvalue weighted by Crippen LogP contribution is 2.33. The van der Waals surface area contributed by atoms with Crippen LogP contribution in [0.3, 0.4) is 0 Å². The number of aromatic nitrogens is 1. The van der Waals surface area contributed by atoms with Crippen molar-refractivity contribution >= 4 is 21.5 Å². The summed E-state index contributed by atoms with van der Waals surface area (Å²) < 4.78 is 42.6. The van der Waals surface area contributed by atoms with Crippen molar-refractivity contribution in [3.05, 3.63) is 53.0 Å². The molecule has 3 rings (SSSR count).